The fourth-order valence-corrected chi connectivity index (χ4v) is 7.51. The molecule has 3 aromatic carbocycles. The van der Waals surface area contributed by atoms with Crippen LogP contribution in [0.15, 0.2) is 91.1 Å². The maximum absolute atomic E-state index is 14.5. The molecule has 356 valence electrons. The van der Waals surface area contributed by atoms with E-state index in [2.05, 4.69) is 62.1 Å². The number of para-hydroxylation sites is 1. The van der Waals surface area contributed by atoms with Gasteiger partial charge in [0.2, 0.25) is 35.4 Å². The van der Waals surface area contributed by atoms with Crippen LogP contribution in [0.3, 0.4) is 0 Å². The van der Waals surface area contributed by atoms with Gasteiger partial charge >= 0.3 is 0 Å². The fraction of sp³-hybridized carbons (Fsp3) is 0.400. The zero-order chi connectivity index (χ0) is 48.2. The van der Waals surface area contributed by atoms with E-state index < -0.39 is 89.7 Å². The minimum atomic E-state index is -1.62. The van der Waals surface area contributed by atoms with Gasteiger partial charge in [0.05, 0.1) is 12.1 Å². The zero-order valence-corrected chi connectivity index (χ0v) is 38.2. The molecule has 0 saturated carbocycles. The summed E-state index contributed by atoms with van der Waals surface area (Å²) in [4.78, 5) is 98.4. The quantitative estimate of drug-likeness (QED) is 0.0162. The van der Waals surface area contributed by atoms with E-state index >= 15 is 0 Å². The number of carbonyl (C=O) groups excluding carboxylic acids is 7. The number of hydroxylamine groups is 1. The Morgan fingerprint density at radius 1 is 0.591 bits per heavy atom. The van der Waals surface area contributed by atoms with Gasteiger partial charge in [0.1, 0.15) is 36.3 Å². The van der Waals surface area contributed by atoms with Crippen LogP contribution in [0, 0.1) is 0 Å². The highest BCUT2D eigenvalue weighted by atomic mass is 32.1. The molecule has 0 radical (unpaired) electrons. The first-order valence-electron chi connectivity index (χ1n) is 21.4. The van der Waals surface area contributed by atoms with Gasteiger partial charge in [-0.3, -0.25) is 38.8 Å². The Bertz CT molecular complexity index is 2230. The van der Waals surface area contributed by atoms with Gasteiger partial charge in [0.25, 0.3) is 5.91 Å². The Hall–Kier alpha value is -5.97. The van der Waals surface area contributed by atoms with Crippen molar-refractivity contribution >= 4 is 77.5 Å². The number of rotatable bonds is 26. The van der Waals surface area contributed by atoms with Crippen LogP contribution in [-0.2, 0) is 52.8 Å². The molecule has 7 amide bonds. The number of benzene rings is 3. The third-order valence-electron chi connectivity index (χ3n) is 10.7. The van der Waals surface area contributed by atoms with Crippen molar-refractivity contribution in [1.29, 1.82) is 0 Å². The van der Waals surface area contributed by atoms with Crippen LogP contribution in [-0.4, -0.2) is 123 Å². The summed E-state index contributed by atoms with van der Waals surface area (Å²) in [5, 5.41) is 36.0. The van der Waals surface area contributed by atoms with Crippen LogP contribution in [0.25, 0.3) is 10.9 Å². The van der Waals surface area contributed by atoms with Crippen molar-refractivity contribution in [2.24, 2.45) is 11.5 Å². The zero-order valence-electron chi connectivity index (χ0n) is 36.4. The molecule has 0 bridgehead atoms. The molecule has 19 nitrogen and oxygen atoms in total. The number of unbranched alkanes of at least 4 members (excludes halogenated alkanes) is 1. The second-order valence-corrected chi connectivity index (χ2v) is 16.4. The number of hydrogen-bond acceptors (Lipinski definition) is 13. The molecule has 14 N–H and O–H groups in total. The first-order chi connectivity index (χ1) is 31.7. The van der Waals surface area contributed by atoms with E-state index in [1.54, 1.807) is 36.5 Å². The van der Waals surface area contributed by atoms with Crippen LogP contribution in [0.5, 0.6) is 0 Å². The standard InChI is InChI=1S/C45H60N10O9S2/c1-26(56)38(45(63)53-37(25-66)44(62)55-64)54-40(58)33(18-10-11-19-46)49-42(60)35(22-29-23-48-32-17-9-8-16-30(29)32)51-41(59)34(21-28-14-6-3-7-15-28)50-43(61)36(24-65)52-39(57)31(47)20-27-12-4-2-5-13-27/h2-9,12-17,23,26,31,33-38,48,56,64-66H,10-11,18-22,24-25,46-47H2,1H3,(H,49,60)(H,50,61)(H,51,59)(H,52,57)(H,53,63)(H,54,58)(H,55,62)/t26-,31+,33+,34-,35-,36-,37+,38+/m0/s1. The van der Waals surface area contributed by atoms with Gasteiger partial charge in [-0.15, -0.1) is 0 Å². The molecular weight excluding hydrogens is 889 g/mol. The average Bonchev–Trinajstić information content (AvgIpc) is 3.73. The van der Waals surface area contributed by atoms with E-state index in [-0.39, 0.29) is 43.7 Å². The highest BCUT2D eigenvalue weighted by Crippen LogP contribution is 2.20. The molecule has 0 aliphatic carbocycles. The van der Waals surface area contributed by atoms with Crippen molar-refractivity contribution in [3.05, 3.63) is 108 Å². The maximum atomic E-state index is 14.5. The molecule has 0 unspecified atom stereocenters. The van der Waals surface area contributed by atoms with Crippen LogP contribution in [0.2, 0.25) is 0 Å². The highest BCUT2D eigenvalue weighted by Gasteiger charge is 2.35. The fourth-order valence-electron chi connectivity index (χ4n) is 6.99. The Morgan fingerprint density at radius 3 is 1.65 bits per heavy atom. The number of H-pyrrole nitrogens is 1. The predicted molar refractivity (Wildman–Crippen MR) is 254 cm³/mol. The Balaban J connectivity index is 1.62. The lowest BCUT2D eigenvalue weighted by Crippen LogP contribution is -2.62. The molecule has 0 aliphatic rings. The Kier molecular flexibility index (Phi) is 21.4. The number of aromatic nitrogens is 1. The van der Waals surface area contributed by atoms with E-state index in [9.17, 15) is 38.7 Å². The molecule has 0 fully saturated rings. The number of nitrogens with one attached hydrogen (secondary N) is 8. The van der Waals surface area contributed by atoms with Crippen molar-refractivity contribution in [3.63, 3.8) is 0 Å². The average molecular weight is 949 g/mol. The number of hydrogen-bond donors (Lipinski definition) is 14. The number of carbonyl (C=O) groups is 7. The Morgan fingerprint density at radius 2 is 1.08 bits per heavy atom. The molecule has 1 heterocycles. The lowest BCUT2D eigenvalue weighted by Gasteiger charge is -2.28. The third kappa shape index (κ3) is 15.9. The number of thiol groups is 2. The van der Waals surface area contributed by atoms with Crippen LogP contribution in [0.1, 0.15) is 42.9 Å². The van der Waals surface area contributed by atoms with Gasteiger partial charge in [0.15, 0.2) is 0 Å². The maximum Gasteiger partial charge on any atom is 0.266 e. The largest absolute Gasteiger partial charge is 0.391 e. The molecule has 0 saturated heterocycles. The normalized spacial score (nSPS) is 14.8. The van der Waals surface area contributed by atoms with Gasteiger partial charge in [-0.05, 0) is 61.9 Å². The third-order valence-corrected chi connectivity index (χ3v) is 11.4. The van der Waals surface area contributed by atoms with Crippen molar-refractivity contribution < 1.29 is 43.9 Å². The van der Waals surface area contributed by atoms with Crippen molar-refractivity contribution in [3.8, 4) is 0 Å². The molecule has 0 aliphatic heterocycles. The van der Waals surface area contributed by atoms with Crippen LogP contribution in [0.4, 0.5) is 0 Å². The molecule has 4 rings (SSSR count). The van der Waals surface area contributed by atoms with Gasteiger partial charge in [-0.2, -0.15) is 25.3 Å². The number of aliphatic hydroxyl groups excluding tert-OH is 1. The summed E-state index contributed by atoms with van der Waals surface area (Å²) in [6.07, 6.45) is 1.14. The number of amides is 7. The van der Waals surface area contributed by atoms with Crippen LogP contribution >= 0.6 is 25.3 Å². The van der Waals surface area contributed by atoms with Gasteiger partial charge in [-0.25, -0.2) is 5.48 Å². The van der Waals surface area contributed by atoms with E-state index in [1.807, 2.05) is 54.6 Å². The molecule has 1 aromatic heterocycles. The summed E-state index contributed by atoms with van der Waals surface area (Å²) < 4.78 is 0. The first kappa shape index (κ1) is 52.7. The van der Waals surface area contributed by atoms with E-state index in [0.29, 0.717) is 24.0 Å². The van der Waals surface area contributed by atoms with Crippen molar-refractivity contribution in [2.45, 2.75) is 93.8 Å². The minimum absolute atomic E-state index is 0.0262. The Labute approximate surface area is 393 Å². The molecular formula is C45H60N10O9S2. The number of aliphatic hydroxyl groups is 1. The molecule has 0 spiro atoms. The monoisotopic (exact) mass is 948 g/mol. The minimum Gasteiger partial charge on any atom is -0.391 e. The van der Waals surface area contributed by atoms with Gasteiger partial charge in [-0.1, -0.05) is 78.9 Å². The summed E-state index contributed by atoms with van der Waals surface area (Å²) in [5.74, 6) is -6.10. The topological polar surface area (TPSA) is 312 Å². The van der Waals surface area contributed by atoms with Crippen molar-refractivity contribution in [1.82, 2.24) is 42.4 Å². The number of fused-ring (bicyclic) bond motifs is 1. The van der Waals surface area contributed by atoms with Gasteiger partial charge < -0.3 is 53.5 Å². The summed E-state index contributed by atoms with van der Waals surface area (Å²) in [6.45, 7) is 1.50. The number of nitrogens with two attached hydrogens (primary N) is 2. The summed E-state index contributed by atoms with van der Waals surface area (Å²) in [6, 6.07) is 16.1. The molecule has 66 heavy (non-hydrogen) atoms. The molecule has 4 aromatic rings. The summed E-state index contributed by atoms with van der Waals surface area (Å²) in [7, 11) is 0. The molecule has 21 heteroatoms. The van der Waals surface area contributed by atoms with E-state index in [4.69, 9.17) is 16.7 Å². The smallest absolute Gasteiger partial charge is 0.266 e. The second kappa shape index (κ2) is 26.9. The van der Waals surface area contributed by atoms with Crippen LogP contribution < -0.4 is 48.8 Å². The summed E-state index contributed by atoms with van der Waals surface area (Å²) >= 11 is 8.32. The molecule has 8 atom stereocenters. The summed E-state index contributed by atoms with van der Waals surface area (Å²) in [5.41, 5.74) is 16.2. The van der Waals surface area contributed by atoms with E-state index in [0.717, 1.165) is 16.5 Å². The first-order valence-corrected chi connectivity index (χ1v) is 22.7. The lowest BCUT2D eigenvalue weighted by atomic mass is 10.0. The SMILES string of the molecule is C[C@H](O)[C@@H](NC(=O)[C@@H](CCCCN)NC(=O)[C@H](Cc1c[nH]c2ccccc12)NC(=O)[C@H](Cc1ccccc1)NC(=O)[C@H](CS)NC(=O)[C@H](N)Cc1ccccc1)C(=O)N[C@H](CS)C(=O)NO. The lowest BCUT2D eigenvalue weighted by molar-refractivity contribution is -0.137. The predicted octanol–water partition coefficient (Wildman–Crippen LogP) is -0.693. The number of aromatic amines is 1. The van der Waals surface area contributed by atoms with Crippen molar-refractivity contribution in [2.75, 3.05) is 18.1 Å². The second-order valence-electron chi connectivity index (χ2n) is 15.7. The van der Waals surface area contributed by atoms with E-state index in [1.165, 1.54) is 12.4 Å². The highest BCUT2D eigenvalue weighted by molar-refractivity contribution is 7.80. The van der Waals surface area contributed by atoms with Gasteiger partial charge in [0, 0.05) is 41.4 Å².